The minimum Gasteiger partial charge on any atom is -0.479 e. The van der Waals surface area contributed by atoms with Crippen LogP contribution in [0.15, 0.2) is 24.4 Å². The monoisotopic (exact) mass is 534 g/mol. The van der Waals surface area contributed by atoms with E-state index in [0.717, 1.165) is 4.68 Å². The number of likely N-dealkylation sites (tertiary alicyclic amines) is 1. The first kappa shape index (κ1) is 24.8. The van der Waals surface area contributed by atoms with E-state index < -0.39 is 30.5 Å². The average molecular weight is 535 g/mol. The van der Waals surface area contributed by atoms with E-state index in [1.54, 1.807) is 18.2 Å². The van der Waals surface area contributed by atoms with Crippen molar-refractivity contribution in [3.05, 3.63) is 30.2 Å². The van der Waals surface area contributed by atoms with E-state index in [4.69, 9.17) is 9.47 Å². The van der Waals surface area contributed by atoms with Crippen LogP contribution in [0.4, 0.5) is 23.5 Å². The summed E-state index contributed by atoms with van der Waals surface area (Å²) in [4.78, 5) is 6.48. The molecule has 2 aliphatic rings. The summed E-state index contributed by atoms with van der Waals surface area (Å²) in [7, 11) is 1.39. The van der Waals surface area contributed by atoms with Gasteiger partial charge in [0.15, 0.2) is 5.82 Å². The molecule has 38 heavy (non-hydrogen) atoms. The number of hydrogen-bond donors (Lipinski definition) is 1. The first-order valence-corrected chi connectivity index (χ1v) is 12.3. The Hall–Kier alpha value is -3.52. The van der Waals surface area contributed by atoms with E-state index in [0.29, 0.717) is 42.8 Å². The summed E-state index contributed by atoms with van der Waals surface area (Å²) < 4.78 is 70.1. The van der Waals surface area contributed by atoms with E-state index in [1.807, 2.05) is 0 Å². The Bertz CT molecular complexity index is 1470. The number of nitrogens with one attached hydrogen (secondary N) is 1. The van der Waals surface area contributed by atoms with Crippen LogP contribution in [0.2, 0.25) is 0 Å². The quantitative estimate of drug-likeness (QED) is 0.361. The molecule has 0 spiro atoms. The zero-order valence-electron chi connectivity index (χ0n) is 20.7. The van der Waals surface area contributed by atoms with Crippen LogP contribution < -0.4 is 10.1 Å². The van der Waals surface area contributed by atoms with Crippen LogP contribution in [0.1, 0.15) is 19.4 Å². The molecule has 0 bridgehead atoms. The molecule has 2 fully saturated rings. The first-order valence-electron chi connectivity index (χ1n) is 12.3. The minimum atomic E-state index is -2.65. The van der Waals surface area contributed by atoms with Crippen LogP contribution in [0, 0.1) is 5.82 Å². The lowest BCUT2D eigenvalue weighted by Gasteiger charge is -2.42. The molecule has 3 aromatic heterocycles. The van der Waals surface area contributed by atoms with Crippen molar-refractivity contribution >= 4 is 22.5 Å². The van der Waals surface area contributed by atoms with E-state index >= 15 is 4.39 Å². The number of halogens is 4. The third-order valence-electron chi connectivity index (χ3n) is 7.28. The Morgan fingerprint density at radius 1 is 1.24 bits per heavy atom. The summed E-state index contributed by atoms with van der Waals surface area (Å²) in [6.45, 7) is 3.58. The lowest BCUT2D eigenvalue weighted by Crippen LogP contribution is -2.57. The van der Waals surface area contributed by atoms with Crippen molar-refractivity contribution in [2.24, 2.45) is 0 Å². The molecule has 1 aromatic carbocycles. The van der Waals surface area contributed by atoms with Crippen molar-refractivity contribution in [2.45, 2.75) is 44.1 Å². The summed E-state index contributed by atoms with van der Waals surface area (Å²) in [5.41, 5.74) is 1.50. The fourth-order valence-electron chi connectivity index (χ4n) is 5.02. The molecular formula is C24H26F4N8O2. The van der Waals surface area contributed by atoms with Gasteiger partial charge in [0.05, 0.1) is 49.7 Å². The minimum absolute atomic E-state index is 0.0774. The number of nitrogens with zero attached hydrogens (tertiary/aromatic N) is 7. The van der Waals surface area contributed by atoms with Gasteiger partial charge in [0, 0.05) is 13.1 Å². The average Bonchev–Trinajstić information content (AvgIpc) is 3.43. The van der Waals surface area contributed by atoms with Gasteiger partial charge in [-0.1, -0.05) is 11.3 Å². The normalized spacial score (nSPS) is 21.8. The number of fused-ring (bicyclic) bond motifs is 2. The van der Waals surface area contributed by atoms with Gasteiger partial charge in [0.25, 0.3) is 6.43 Å². The fourth-order valence-corrected chi connectivity index (χ4v) is 5.02. The molecule has 0 unspecified atom stereocenters. The molecule has 0 aliphatic carbocycles. The Balaban J connectivity index is 1.33. The van der Waals surface area contributed by atoms with Crippen molar-refractivity contribution in [3.8, 4) is 17.0 Å². The smallest absolute Gasteiger partial charge is 0.260 e. The molecule has 14 heteroatoms. The summed E-state index contributed by atoms with van der Waals surface area (Å²) >= 11 is 0. The number of benzene rings is 1. The maximum absolute atomic E-state index is 15.3. The highest BCUT2D eigenvalue weighted by atomic mass is 19.3. The van der Waals surface area contributed by atoms with Crippen molar-refractivity contribution < 1.29 is 27.0 Å². The zero-order chi connectivity index (χ0) is 26.6. The Morgan fingerprint density at radius 3 is 2.74 bits per heavy atom. The second kappa shape index (κ2) is 9.66. The molecule has 202 valence electrons. The lowest BCUT2D eigenvalue weighted by molar-refractivity contribution is -0.0794. The number of piperidine rings is 1. The SMILES string of the molecule is COc1nc(N[C@H]2CCN(C3COC3)C[C@@H]2F)nn2cc(F)c(-c3ccc4nnn([C@H](C)C(F)F)c4c3)c12. The van der Waals surface area contributed by atoms with Crippen LogP contribution >= 0.6 is 0 Å². The van der Waals surface area contributed by atoms with Gasteiger partial charge in [0.1, 0.15) is 23.2 Å². The number of methoxy groups -OCH3 is 1. The Labute approximate surface area is 214 Å². The molecule has 1 N–H and O–H groups in total. The van der Waals surface area contributed by atoms with Crippen molar-refractivity contribution in [1.82, 2.24) is 34.5 Å². The highest BCUT2D eigenvalue weighted by molar-refractivity contribution is 5.89. The predicted octanol–water partition coefficient (Wildman–Crippen LogP) is 3.34. The molecule has 5 heterocycles. The van der Waals surface area contributed by atoms with Gasteiger partial charge in [0.2, 0.25) is 11.8 Å². The number of alkyl halides is 3. The van der Waals surface area contributed by atoms with Crippen LogP contribution in [-0.4, -0.2) is 92.6 Å². The molecular weight excluding hydrogens is 508 g/mol. The molecule has 10 nitrogen and oxygen atoms in total. The fraction of sp³-hybridized carbons (Fsp3) is 0.500. The molecule has 0 radical (unpaired) electrons. The maximum Gasteiger partial charge on any atom is 0.260 e. The van der Waals surface area contributed by atoms with Gasteiger partial charge >= 0.3 is 0 Å². The molecule has 0 saturated carbocycles. The summed E-state index contributed by atoms with van der Waals surface area (Å²) in [6, 6.07) is 3.28. The molecule has 2 aliphatic heterocycles. The Kier molecular flexibility index (Phi) is 6.30. The van der Waals surface area contributed by atoms with Gasteiger partial charge < -0.3 is 14.8 Å². The highest BCUT2D eigenvalue weighted by Gasteiger charge is 2.36. The number of hydrogen-bond acceptors (Lipinski definition) is 8. The second-order valence-corrected chi connectivity index (χ2v) is 9.64. The van der Waals surface area contributed by atoms with Gasteiger partial charge in [-0.2, -0.15) is 4.98 Å². The first-order chi connectivity index (χ1) is 18.3. The van der Waals surface area contributed by atoms with E-state index in [9.17, 15) is 13.2 Å². The number of aromatic nitrogens is 6. The number of rotatable bonds is 7. The predicted molar refractivity (Wildman–Crippen MR) is 130 cm³/mol. The van der Waals surface area contributed by atoms with Gasteiger partial charge in [-0.15, -0.1) is 10.2 Å². The second-order valence-electron chi connectivity index (χ2n) is 9.64. The van der Waals surface area contributed by atoms with Gasteiger partial charge in [-0.05, 0) is 31.0 Å². The Morgan fingerprint density at radius 2 is 2.05 bits per heavy atom. The van der Waals surface area contributed by atoms with Crippen LogP contribution in [0.3, 0.4) is 0 Å². The third kappa shape index (κ3) is 4.21. The molecule has 4 aromatic rings. The largest absolute Gasteiger partial charge is 0.479 e. The van der Waals surface area contributed by atoms with E-state index in [-0.39, 0.29) is 35.5 Å². The maximum atomic E-state index is 15.3. The third-order valence-corrected chi connectivity index (χ3v) is 7.28. The molecule has 3 atom stereocenters. The molecule has 6 rings (SSSR count). The molecule has 0 amide bonds. The van der Waals surface area contributed by atoms with Crippen molar-refractivity contribution in [2.75, 3.05) is 38.7 Å². The summed E-state index contributed by atoms with van der Waals surface area (Å²) in [5.74, 6) is -0.435. The van der Waals surface area contributed by atoms with Crippen LogP contribution in [0.5, 0.6) is 5.88 Å². The van der Waals surface area contributed by atoms with Gasteiger partial charge in [-0.25, -0.2) is 26.8 Å². The lowest BCUT2D eigenvalue weighted by atomic mass is 10.0. The standard InChI is InChI=1S/C24H26F4N8O2/c1-12(22(27)28)36-19-7-13(3-4-18(19)31-33-36)20-16(26)9-35-21(20)23(37-2)30-24(32-35)29-17-5-6-34(8-15(17)25)14-10-38-11-14/h3-4,7,9,12,14-15,17,22H,5-6,8,10-11H2,1-2H3,(H,29,32)/t12-,15+,17+/m1/s1. The highest BCUT2D eigenvalue weighted by Crippen LogP contribution is 2.36. The summed E-state index contributed by atoms with van der Waals surface area (Å²) in [5, 5.41) is 15.2. The van der Waals surface area contributed by atoms with Crippen molar-refractivity contribution in [1.29, 1.82) is 0 Å². The number of anilines is 1. The number of ether oxygens (including phenoxy) is 2. The zero-order valence-corrected chi connectivity index (χ0v) is 20.7. The topological polar surface area (TPSA) is 94.6 Å². The van der Waals surface area contributed by atoms with E-state index in [2.05, 4.69) is 30.6 Å². The summed E-state index contributed by atoms with van der Waals surface area (Å²) in [6.07, 6.45) is -2.08. The van der Waals surface area contributed by atoms with Gasteiger partial charge in [-0.3, -0.25) is 4.90 Å². The van der Waals surface area contributed by atoms with Crippen LogP contribution in [-0.2, 0) is 4.74 Å². The van der Waals surface area contributed by atoms with E-state index in [1.165, 1.54) is 24.7 Å². The van der Waals surface area contributed by atoms with Crippen LogP contribution in [0.25, 0.3) is 27.7 Å². The molecule has 2 saturated heterocycles. The van der Waals surface area contributed by atoms with Crippen molar-refractivity contribution in [3.63, 3.8) is 0 Å².